The highest BCUT2D eigenvalue weighted by Crippen LogP contribution is 2.11. The average molecular weight is 359 g/mol. The molecule has 0 saturated carbocycles. The van der Waals surface area contributed by atoms with Crippen LogP contribution < -0.4 is 5.56 Å². The Morgan fingerprint density at radius 2 is 1.83 bits per heavy atom. The van der Waals surface area contributed by atoms with E-state index in [4.69, 9.17) is 5.11 Å². The average Bonchev–Trinajstić information content (AvgIpc) is 2.30. The first-order valence-electron chi connectivity index (χ1n) is 4.91. The summed E-state index contributed by atoms with van der Waals surface area (Å²) in [6, 6.07) is 6.76. The molecule has 0 amide bonds. The van der Waals surface area contributed by atoms with Gasteiger partial charge in [0.15, 0.2) is 0 Å². The number of aromatic nitrogens is 1. The maximum Gasteiger partial charge on any atom is 0.342 e. The Balaban J connectivity index is 2.67. The molecule has 0 spiro atoms. The molecule has 0 unspecified atom stereocenters. The van der Waals surface area contributed by atoms with Gasteiger partial charge in [0, 0.05) is 15.5 Å². The van der Waals surface area contributed by atoms with E-state index < -0.39 is 17.3 Å². The minimum atomic E-state index is -1.28. The minimum absolute atomic E-state index is 0.289. The molecule has 1 aromatic heterocycles. The molecule has 1 heterocycles. The zero-order valence-electron chi connectivity index (χ0n) is 8.93. The summed E-state index contributed by atoms with van der Waals surface area (Å²) < 4.78 is 14.3. The summed E-state index contributed by atoms with van der Waals surface area (Å²) in [5.74, 6) is -1.70. The van der Waals surface area contributed by atoms with Gasteiger partial charge < -0.3 is 5.11 Å². The van der Waals surface area contributed by atoms with Crippen LogP contribution in [-0.4, -0.2) is 15.6 Å². The van der Waals surface area contributed by atoms with Gasteiger partial charge in [-0.15, -0.1) is 0 Å². The molecular formula is C12H7FINO3. The van der Waals surface area contributed by atoms with Gasteiger partial charge in [-0.1, -0.05) is 0 Å². The number of hydrogen-bond acceptors (Lipinski definition) is 2. The zero-order chi connectivity index (χ0) is 13.3. The lowest BCUT2D eigenvalue weighted by Gasteiger charge is -2.07. The Bertz CT molecular complexity index is 664. The van der Waals surface area contributed by atoms with Crippen LogP contribution in [-0.2, 0) is 0 Å². The summed E-state index contributed by atoms with van der Waals surface area (Å²) in [6.45, 7) is 0. The first-order valence-corrected chi connectivity index (χ1v) is 5.99. The number of carboxylic acid groups (broad SMARTS) is 1. The lowest BCUT2D eigenvalue weighted by Crippen LogP contribution is -2.26. The smallest absolute Gasteiger partial charge is 0.342 e. The van der Waals surface area contributed by atoms with E-state index in [1.807, 2.05) is 0 Å². The van der Waals surface area contributed by atoms with Gasteiger partial charge in [0.05, 0.1) is 0 Å². The molecule has 6 heteroatoms. The van der Waals surface area contributed by atoms with E-state index in [-0.39, 0.29) is 5.56 Å². The van der Waals surface area contributed by atoms with Crippen molar-refractivity contribution in [1.82, 2.24) is 4.57 Å². The molecule has 0 saturated heterocycles. The molecule has 1 N–H and O–H groups in total. The lowest BCUT2D eigenvalue weighted by atomic mass is 10.2. The van der Waals surface area contributed by atoms with Crippen LogP contribution in [0, 0.1) is 9.39 Å². The summed E-state index contributed by atoms with van der Waals surface area (Å²) in [4.78, 5) is 23.0. The molecule has 2 aromatic rings. The summed E-state index contributed by atoms with van der Waals surface area (Å²) in [6.07, 6.45) is 1.46. The number of aromatic carboxylic acids is 1. The van der Waals surface area contributed by atoms with Gasteiger partial charge in [0.25, 0.3) is 5.56 Å². The van der Waals surface area contributed by atoms with Crippen LogP contribution in [0.25, 0.3) is 5.69 Å². The van der Waals surface area contributed by atoms with E-state index in [2.05, 4.69) is 0 Å². The van der Waals surface area contributed by atoms with Crippen LogP contribution in [0.4, 0.5) is 4.39 Å². The normalized spacial score (nSPS) is 10.3. The quantitative estimate of drug-likeness (QED) is 0.838. The third-order valence-corrected chi connectivity index (χ3v) is 3.26. The maximum atomic E-state index is 12.8. The molecule has 2 rings (SSSR count). The van der Waals surface area contributed by atoms with Gasteiger partial charge in [0.1, 0.15) is 11.4 Å². The van der Waals surface area contributed by atoms with Gasteiger partial charge in [-0.3, -0.25) is 9.36 Å². The van der Waals surface area contributed by atoms with Crippen molar-refractivity contribution in [3.05, 3.63) is 61.8 Å². The second kappa shape index (κ2) is 4.89. The van der Waals surface area contributed by atoms with E-state index in [0.717, 1.165) is 0 Å². The molecule has 0 bridgehead atoms. The van der Waals surface area contributed by atoms with E-state index in [1.165, 1.54) is 41.1 Å². The molecule has 0 atom stereocenters. The molecular weight excluding hydrogens is 352 g/mol. The number of hydrogen-bond donors (Lipinski definition) is 1. The van der Waals surface area contributed by atoms with Crippen LogP contribution in [0.2, 0.25) is 0 Å². The summed E-state index contributed by atoms with van der Waals surface area (Å²) in [5.41, 5.74) is -0.510. The van der Waals surface area contributed by atoms with Crippen molar-refractivity contribution < 1.29 is 14.3 Å². The summed E-state index contributed by atoms with van der Waals surface area (Å²) in [7, 11) is 0. The van der Waals surface area contributed by atoms with Crippen LogP contribution in [0.1, 0.15) is 10.4 Å². The molecule has 0 aliphatic carbocycles. The van der Waals surface area contributed by atoms with E-state index >= 15 is 0 Å². The fourth-order valence-corrected chi connectivity index (χ4v) is 2.13. The minimum Gasteiger partial charge on any atom is -0.477 e. The second-order valence-electron chi connectivity index (χ2n) is 3.50. The lowest BCUT2D eigenvalue weighted by molar-refractivity contribution is 0.0693. The van der Waals surface area contributed by atoms with Crippen LogP contribution in [0.5, 0.6) is 0 Å². The fraction of sp³-hybridized carbons (Fsp3) is 0. The number of carboxylic acids is 1. The molecule has 0 aliphatic rings. The molecule has 0 radical (unpaired) electrons. The Morgan fingerprint density at radius 1 is 1.22 bits per heavy atom. The molecule has 18 heavy (non-hydrogen) atoms. The molecule has 0 aliphatic heterocycles. The maximum absolute atomic E-state index is 12.8. The summed E-state index contributed by atoms with van der Waals surface area (Å²) >= 11 is 1.79. The predicted molar refractivity (Wildman–Crippen MR) is 71.7 cm³/mol. The van der Waals surface area contributed by atoms with Crippen molar-refractivity contribution in [3.8, 4) is 5.69 Å². The Morgan fingerprint density at radius 3 is 2.39 bits per heavy atom. The highest BCUT2D eigenvalue weighted by Gasteiger charge is 2.15. The van der Waals surface area contributed by atoms with Crippen molar-refractivity contribution in [2.24, 2.45) is 0 Å². The van der Waals surface area contributed by atoms with Crippen molar-refractivity contribution >= 4 is 28.6 Å². The Labute approximate surface area is 115 Å². The number of halogens is 2. The first-order chi connectivity index (χ1) is 8.50. The molecule has 1 aromatic carbocycles. The summed E-state index contributed by atoms with van der Waals surface area (Å²) in [5, 5.41) is 8.98. The third-order valence-electron chi connectivity index (χ3n) is 2.36. The van der Waals surface area contributed by atoms with Crippen molar-refractivity contribution in [2.75, 3.05) is 0 Å². The van der Waals surface area contributed by atoms with Crippen LogP contribution in [0.15, 0.2) is 41.3 Å². The van der Waals surface area contributed by atoms with Crippen LogP contribution >= 0.6 is 22.6 Å². The number of carbonyl (C=O) groups is 1. The van der Waals surface area contributed by atoms with Gasteiger partial charge in [-0.2, -0.15) is 0 Å². The molecule has 0 fully saturated rings. The SMILES string of the molecule is O=C(O)c1c(I)ccn(-c2ccc(F)cc2)c1=O. The molecule has 4 nitrogen and oxygen atoms in total. The Kier molecular flexibility index (Phi) is 3.46. The highest BCUT2D eigenvalue weighted by atomic mass is 127. The largest absolute Gasteiger partial charge is 0.477 e. The van der Waals surface area contributed by atoms with Crippen LogP contribution in [0.3, 0.4) is 0 Å². The topological polar surface area (TPSA) is 59.3 Å². The number of pyridine rings is 1. The van der Waals surface area contributed by atoms with Gasteiger partial charge in [-0.05, 0) is 52.9 Å². The molecule has 92 valence electrons. The number of rotatable bonds is 2. The number of nitrogens with zero attached hydrogens (tertiary/aromatic N) is 1. The van der Waals surface area contributed by atoms with E-state index in [9.17, 15) is 14.0 Å². The van der Waals surface area contributed by atoms with Crippen molar-refractivity contribution in [1.29, 1.82) is 0 Å². The highest BCUT2D eigenvalue weighted by molar-refractivity contribution is 14.1. The van der Waals surface area contributed by atoms with Gasteiger partial charge >= 0.3 is 5.97 Å². The van der Waals surface area contributed by atoms with Crippen molar-refractivity contribution in [2.45, 2.75) is 0 Å². The fourth-order valence-electron chi connectivity index (χ4n) is 1.51. The predicted octanol–water partition coefficient (Wildman–Crippen LogP) is 2.28. The van der Waals surface area contributed by atoms with E-state index in [1.54, 1.807) is 22.6 Å². The monoisotopic (exact) mass is 359 g/mol. The zero-order valence-corrected chi connectivity index (χ0v) is 11.1. The first kappa shape index (κ1) is 12.7. The van der Waals surface area contributed by atoms with E-state index in [0.29, 0.717) is 9.26 Å². The van der Waals surface area contributed by atoms with Crippen molar-refractivity contribution in [3.63, 3.8) is 0 Å². The van der Waals surface area contributed by atoms with Gasteiger partial charge in [-0.25, -0.2) is 9.18 Å². The Hall–Kier alpha value is -1.70. The van der Waals surface area contributed by atoms with Gasteiger partial charge in [0.2, 0.25) is 0 Å². The standard InChI is InChI=1S/C12H7FINO3/c13-7-1-3-8(4-2-7)15-6-5-9(14)10(11(15)16)12(17)18/h1-6H,(H,17,18). The number of benzene rings is 1. The third kappa shape index (κ3) is 2.28. The second-order valence-corrected chi connectivity index (χ2v) is 4.66.